The van der Waals surface area contributed by atoms with E-state index in [2.05, 4.69) is 17.9 Å². The molecular formula is C12H15NO2. The van der Waals surface area contributed by atoms with Crippen LogP contribution in [0, 0.1) is 7.11 Å². The first-order chi connectivity index (χ1) is 7.22. The highest BCUT2D eigenvalue weighted by Gasteiger charge is 2.21. The molecule has 1 aliphatic heterocycles. The number of carbonyl (C=O) groups excluding carboxylic acids is 1. The minimum absolute atomic E-state index is 0.137. The molecule has 1 amide bonds. The zero-order valence-electron chi connectivity index (χ0n) is 8.86. The molecule has 0 aliphatic carbocycles. The van der Waals surface area contributed by atoms with Gasteiger partial charge in [-0.15, -0.1) is 0 Å². The summed E-state index contributed by atoms with van der Waals surface area (Å²) in [5, 5.41) is 0. The predicted octanol–water partition coefficient (Wildman–Crippen LogP) is 1.62. The molecule has 0 aromatic heterocycles. The summed E-state index contributed by atoms with van der Waals surface area (Å²) in [5.41, 5.74) is 2.44. The molecule has 3 heteroatoms. The summed E-state index contributed by atoms with van der Waals surface area (Å²) < 4.78 is 4.00. The summed E-state index contributed by atoms with van der Waals surface area (Å²) in [6.07, 6.45) is 0.879. The van der Waals surface area contributed by atoms with Crippen molar-refractivity contribution in [2.45, 2.75) is 19.9 Å². The van der Waals surface area contributed by atoms with Crippen molar-refractivity contribution in [1.29, 1.82) is 0 Å². The summed E-state index contributed by atoms with van der Waals surface area (Å²) in [6, 6.07) is 5.99. The number of aromatic hydroxyl groups is 1. The minimum atomic E-state index is 0.137. The molecule has 0 atom stereocenters. The molecular weight excluding hydrogens is 190 g/mol. The van der Waals surface area contributed by atoms with Crippen molar-refractivity contribution in [1.82, 2.24) is 4.90 Å². The first-order valence-corrected chi connectivity index (χ1v) is 5.05. The van der Waals surface area contributed by atoms with Gasteiger partial charge in [-0.25, -0.2) is 0 Å². The lowest BCUT2D eigenvalue weighted by atomic mass is 9.99. The van der Waals surface area contributed by atoms with Gasteiger partial charge in [0.15, 0.2) is 0 Å². The molecule has 0 saturated carbocycles. The van der Waals surface area contributed by atoms with Gasteiger partial charge in [0.05, 0.1) is 5.56 Å². The van der Waals surface area contributed by atoms with Gasteiger partial charge in [0.25, 0.3) is 0 Å². The Hall–Kier alpha value is -1.51. The summed E-state index contributed by atoms with van der Waals surface area (Å²) >= 11 is 0. The van der Waals surface area contributed by atoms with Crippen LogP contribution in [-0.4, -0.2) is 22.1 Å². The van der Waals surface area contributed by atoms with Crippen molar-refractivity contribution in [2.75, 3.05) is 6.54 Å². The Kier molecular flexibility index (Phi) is 2.62. The van der Waals surface area contributed by atoms with Crippen molar-refractivity contribution in [3.05, 3.63) is 36.4 Å². The molecule has 0 unspecified atom stereocenters. The predicted molar refractivity (Wildman–Crippen MR) is 58.3 cm³/mol. The second-order valence-corrected chi connectivity index (χ2v) is 3.76. The molecule has 1 aliphatic rings. The lowest BCUT2D eigenvalue weighted by Gasteiger charge is -2.28. The van der Waals surface area contributed by atoms with E-state index in [-0.39, 0.29) is 5.91 Å². The third-order valence-corrected chi connectivity index (χ3v) is 2.86. The largest absolute Gasteiger partial charge is 0.722 e. The fourth-order valence-electron chi connectivity index (χ4n) is 2.01. The van der Waals surface area contributed by atoms with E-state index < -0.39 is 0 Å². The first-order valence-electron chi connectivity index (χ1n) is 5.05. The van der Waals surface area contributed by atoms with Gasteiger partial charge in [-0.3, -0.25) is 4.79 Å². The molecule has 1 N–H and O–H groups in total. The topological polar surface area (TPSA) is 33.1 Å². The molecule has 3 nitrogen and oxygen atoms in total. The second-order valence-electron chi connectivity index (χ2n) is 3.76. The van der Waals surface area contributed by atoms with Crippen LogP contribution in [0.1, 0.15) is 18.1 Å². The van der Waals surface area contributed by atoms with Gasteiger partial charge < -0.3 is 9.64 Å². The van der Waals surface area contributed by atoms with Gasteiger partial charge in [-0.2, -0.15) is 0 Å². The van der Waals surface area contributed by atoms with E-state index in [1.54, 1.807) is 6.92 Å². The van der Waals surface area contributed by atoms with Crippen LogP contribution in [0.4, 0.5) is 0 Å². The van der Waals surface area contributed by atoms with Gasteiger partial charge in [0, 0.05) is 26.1 Å². The zero-order chi connectivity index (χ0) is 10.8. The standard InChI is InChI=1S/C12H15NO2/c1-9(14)13-7-6-11-10(8-13)4-3-5-12(11)15-2/h3-5,15H,2,6-8H2,1H3. The Labute approximate surface area is 89.7 Å². The van der Waals surface area contributed by atoms with E-state index in [1.807, 2.05) is 17.0 Å². The van der Waals surface area contributed by atoms with Gasteiger partial charge in [-0.05, 0) is 19.1 Å². The highest BCUT2D eigenvalue weighted by Crippen LogP contribution is 2.28. The number of benzene rings is 1. The lowest BCUT2D eigenvalue weighted by Crippen LogP contribution is -2.34. The SMILES string of the molecule is [CH2-][OH+]c1cccc2c1CCN(C(C)=O)C2. The Balaban J connectivity index is 2.31. The van der Waals surface area contributed by atoms with Crippen LogP contribution in [0.3, 0.4) is 0 Å². The summed E-state index contributed by atoms with van der Waals surface area (Å²) in [5.74, 6) is 1.09. The molecule has 0 bridgehead atoms. The normalized spacial score (nSPS) is 14.7. The smallest absolute Gasteiger partial charge is 0.229 e. The van der Waals surface area contributed by atoms with Crippen molar-refractivity contribution < 1.29 is 9.53 Å². The maximum Gasteiger partial charge on any atom is 0.229 e. The third kappa shape index (κ3) is 1.82. The van der Waals surface area contributed by atoms with Crippen LogP contribution in [0.5, 0.6) is 5.75 Å². The summed E-state index contributed by atoms with van der Waals surface area (Å²) in [4.78, 5) is 13.1. The molecule has 1 aromatic rings. The van der Waals surface area contributed by atoms with Gasteiger partial charge in [-0.1, -0.05) is 12.1 Å². The van der Waals surface area contributed by atoms with Gasteiger partial charge in [0.1, 0.15) is 0 Å². The summed E-state index contributed by atoms with van der Waals surface area (Å²) in [6.45, 7) is 3.10. The van der Waals surface area contributed by atoms with Crippen molar-refractivity contribution in [3.63, 3.8) is 0 Å². The number of nitrogens with zero attached hydrogens (tertiary/aromatic N) is 1. The number of hydrogen-bond donors (Lipinski definition) is 0. The fourth-order valence-corrected chi connectivity index (χ4v) is 2.01. The van der Waals surface area contributed by atoms with E-state index in [0.29, 0.717) is 6.54 Å². The molecule has 1 heterocycles. The Morgan fingerprint density at radius 3 is 3.00 bits per heavy atom. The molecule has 15 heavy (non-hydrogen) atoms. The molecule has 80 valence electrons. The van der Waals surface area contributed by atoms with Crippen LogP contribution in [-0.2, 0) is 17.8 Å². The average molecular weight is 205 g/mol. The third-order valence-electron chi connectivity index (χ3n) is 2.86. The lowest BCUT2D eigenvalue weighted by molar-refractivity contribution is -0.129. The average Bonchev–Trinajstić information content (AvgIpc) is 2.27. The number of rotatable bonds is 1. The van der Waals surface area contributed by atoms with Crippen molar-refractivity contribution >= 4 is 5.91 Å². The monoisotopic (exact) mass is 205 g/mol. The number of fused-ring (bicyclic) bond motifs is 1. The molecule has 0 radical (unpaired) electrons. The zero-order valence-corrected chi connectivity index (χ0v) is 8.86. The molecule has 2 rings (SSSR count). The van der Waals surface area contributed by atoms with Gasteiger partial charge in [0.2, 0.25) is 11.7 Å². The first kappa shape index (κ1) is 10.0. The van der Waals surface area contributed by atoms with E-state index in [4.69, 9.17) is 0 Å². The number of hydrogen-bond acceptors (Lipinski definition) is 1. The summed E-state index contributed by atoms with van der Waals surface area (Å²) in [7, 11) is 3.56. The number of amides is 1. The number of ether oxygens (including phenoxy) is 1. The van der Waals surface area contributed by atoms with E-state index >= 15 is 0 Å². The number of aliphatic hydroxyl groups is 1. The Morgan fingerprint density at radius 1 is 1.53 bits per heavy atom. The van der Waals surface area contributed by atoms with E-state index in [0.717, 1.165) is 18.7 Å². The Bertz CT molecular complexity index is 387. The van der Waals surface area contributed by atoms with E-state index in [1.165, 1.54) is 11.1 Å². The molecule has 0 spiro atoms. The Morgan fingerprint density at radius 2 is 2.33 bits per heavy atom. The minimum Gasteiger partial charge on any atom is -0.722 e. The maximum absolute atomic E-state index is 11.3. The van der Waals surface area contributed by atoms with Crippen LogP contribution in [0.15, 0.2) is 18.2 Å². The molecule has 1 aromatic carbocycles. The highest BCUT2D eigenvalue weighted by molar-refractivity contribution is 5.73. The van der Waals surface area contributed by atoms with Crippen molar-refractivity contribution in [3.8, 4) is 5.75 Å². The second kappa shape index (κ2) is 3.93. The van der Waals surface area contributed by atoms with Crippen LogP contribution in [0.2, 0.25) is 0 Å². The van der Waals surface area contributed by atoms with E-state index in [9.17, 15) is 4.79 Å². The van der Waals surface area contributed by atoms with Crippen LogP contribution >= 0.6 is 0 Å². The number of carbonyl (C=O) groups is 1. The fraction of sp³-hybridized carbons (Fsp3) is 0.333. The van der Waals surface area contributed by atoms with Gasteiger partial charge >= 0.3 is 0 Å². The quantitative estimate of drug-likeness (QED) is 0.506. The molecule has 0 saturated heterocycles. The van der Waals surface area contributed by atoms with Crippen LogP contribution < -0.4 is 0 Å². The highest BCUT2D eigenvalue weighted by atomic mass is 16.5. The maximum atomic E-state index is 11.3. The van der Waals surface area contributed by atoms with Crippen molar-refractivity contribution in [2.24, 2.45) is 0 Å². The molecule has 0 fully saturated rings. The van der Waals surface area contributed by atoms with Crippen LogP contribution in [0.25, 0.3) is 0 Å².